The number of esters is 1. The van der Waals surface area contributed by atoms with Crippen LogP contribution in [0, 0.1) is 0 Å². The second-order valence-electron chi connectivity index (χ2n) is 11.2. The Balaban J connectivity index is 1.60. The molecule has 11 heteroatoms. The van der Waals surface area contributed by atoms with Gasteiger partial charge in [0.2, 0.25) is 5.91 Å². The molecule has 3 aromatic rings. The summed E-state index contributed by atoms with van der Waals surface area (Å²) in [6.45, 7) is 1.86. The third-order valence-electron chi connectivity index (χ3n) is 8.31. The average Bonchev–Trinajstić information content (AvgIpc) is 3.00. The third kappa shape index (κ3) is 7.99. The number of benzene rings is 3. The van der Waals surface area contributed by atoms with E-state index < -0.39 is 40.8 Å². The van der Waals surface area contributed by atoms with Crippen molar-refractivity contribution in [1.82, 2.24) is 10.2 Å². The first-order chi connectivity index (χ1) is 20.7. The predicted molar refractivity (Wildman–Crippen MR) is 152 cm³/mol. The molecule has 0 bridgehead atoms. The van der Waals surface area contributed by atoms with Gasteiger partial charge < -0.3 is 10.1 Å². The normalized spacial score (nSPS) is 19.8. The molecule has 1 aliphatic rings. The van der Waals surface area contributed by atoms with Crippen LogP contribution in [0.5, 0.6) is 0 Å². The maximum absolute atomic E-state index is 13.6. The Morgan fingerprint density at radius 1 is 0.886 bits per heavy atom. The van der Waals surface area contributed by atoms with E-state index in [-0.39, 0.29) is 30.2 Å². The van der Waals surface area contributed by atoms with Crippen molar-refractivity contribution in [2.24, 2.45) is 0 Å². The summed E-state index contributed by atoms with van der Waals surface area (Å²) in [6.07, 6.45) is -8.05. The van der Waals surface area contributed by atoms with Crippen LogP contribution in [0.2, 0.25) is 0 Å². The largest absolute Gasteiger partial charge is 0.468 e. The Labute approximate surface area is 252 Å². The molecule has 0 heterocycles. The quantitative estimate of drug-likeness (QED) is 0.199. The van der Waals surface area contributed by atoms with Crippen LogP contribution in [0.3, 0.4) is 0 Å². The smallest absolute Gasteiger partial charge is 0.416 e. The molecule has 1 fully saturated rings. The molecule has 1 atom stereocenters. The number of carbonyl (C=O) groups is 2. The zero-order valence-electron chi connectivity index (χ0n) is 24.3. The Hall–Kier alpha value is -3.86. The van der Waals surface area contributed by atoms with E-state index in [0.717, 1.165) is 11.1 Å². The van der Waals surface area contributed by atoms with Gasteiger partial charge in [0.25, 0.3) is 0 Å². The molecule has 5 nitrogen and oxygen atoms in total. The van der Waals surface area contributed by atoms with E-state index in [0.29, 0.717) is 44.4 Å². The van der Waals surface area contributed by atoms with Crippen LogP contribution in [0.15, 0.2) is 78.9 Å². The topological polar surface area (TPSA) is 58.6 Å². The Morgan fingerprint density at radius 2 is 1.41 bits per heavy atom. The van der Waals surface area contributed by atoms with Crippen molar-refractivity contribution in [3.8, 4) is 0 Å². The minimum Gasteiger partial charge on any atom is -0.468 e. The van der Waals surface area contributed by atoms with Crippen LogP contribution < -0.4 is 5.32 Å². The number of halogens is 6. The fraction of sp³-hybridized carbons (Fsp3) is 0.394. The summed E-state index contributed by atoms with van der Waals surface area (Å²) in [4.78, 5) is 27.9. The molecule has 3 aromatic carbocycles. The van der Waals surface area contributed by atoms with E-state index >= 15 is 0 Å². The summed E-state index contributed by atoms with van der Waals surface area (Å²) in [6, 6.07) is 19.9. The zero-order valence-corrected chi connectivity index (χ0v) is 24.3. The number of hydrogen-bond donors (Lipinski definition) is 1. The summed E-state index contributed by atoms with van der Waals surface area (Å²) in [5, 5.41) is 3.01. The van der Waals surface area contributed by atoms with Gasteiger partial charge in [-0.05, 0) is 67.5 Å². The van der Waals surface area contributed by atoms with Crippen molar-refractivity contribution in [3.05, 3.63) is 107 Å². The summed E-state index contributed by atoms with van der Waals surface area (Å²) in [7, 11) is 1.32. The van der Waals surface area contributed by atoms with Gasteiger partial charge in [-0.25, -0.2) is 0 Å². The third-order valence-corrected chi connectivity index (χ3v) is 8.31. The van der Waals surface area contributed by atoms with Gasteiger partial charge in [0.1, 0.15) is 0 Å². The molecular weight excluding hydrogens is 586 g/mol. The van der Waals surface area contributed by atoms with Crippen molar-refractivity contribution < 1.29 is 40.7 Å². The van der Waals surface area contributed by atoms with Gasteiger partial charge in [0, 0.05) is 12.6 Å². The molecule has 1 N–H and O–H groups in total. The molecule has 1 aliphatic carbocycles. The highest BCUT2D eigenvalue weighted by Crippen LogP contribution is 2.41. The van der Waals surface area contributed by atoms with E-state index in [4.69, 9.17) is 4.74 Å². The molecule has 0 spiro atoms. The number of hydrogen-bond acceptors (Lipinski definition) is 4. The number of nitrogens with zero attached hydrogens (tertiary/aromatic N) is 1. The molecule has 0 saturated heterocycles. The van der Waals surface area contributed by atoms with Crippen LogP contribution >= 0.6 is 0 Å². The lowest BCUT2D eigenvalue weighted by molar-refractivity contribution is -0.144. The number of carbonyl (C=O) groups excluding carboxylic acids is 2. The molecule has 1 saturated carbocycles. The molecule has 0 radical (unpaired) electrons. The summed E-state index contributed by atoms with van der Waals surface area (Å²) < 4.78 is 85.9. The summed E-state index contributed by atoms with van der Waals surface area (Å²) in [5.74, 6) is -2.37. The Kier molecular flexibility index (Phi) is 10.1. The maximum Gasteiger partial charge on any atom is 0.416 e. The van der Waals surface area contributed by atoms with Crippen LogP contribution in [-0.4, -0.2) is 36.5 Å². The van der Waals surface area contributed by atoms with E-state index in [9.17, 15) is 35.9 Å². The minimum atomic E-state index is -5.02. The van der Waals surface area contributed by atoms with Crippen molar-refractivity contribution in [1.29, 1.82) is 0 Å². The predicted octanol–water partition coefficient (Wildman–Crippen LogP) is 7.46. The lowest BCUT2D eigenvalue weighted by Crippen LogP contribution is -2.52. The van der Waals surface area contributed by atoms with E-state index in [1.807, 2.05) is 53.4 Å². The SMILES string of the molecule is COC(=O)CN(Cc1ccccc1)[C@H]1CC[C@](NC(=O)C(C)c2cc(C(F)(F)F)cc(C(F)(F)F)c2)(c2ccccc2)CC1. The fourth-order valence-electron chi connectivity index (χ4n) is 5.79. The van der Waals surface area contributed by atoms with Gasteiger partial charge in [-0.3, -0.25) is 14.5 Å². The van der Waals surface area contributed by atoms with Gasteiger partial charge in [0.05, 0.1) is 36.2 Å². The highest BCUT2D eigenvalue weighted by atomic mass is 19.4. The fourth-order valence-corrected chi connectivity index (χ4v) is 5.79. The molecule has 1 amide bonds. The first-order valence-corrected chi connectivity index (χ1v) is 14.2. The number of methoxy groups -OCH3 is 1. The standard InChI is InChI=1S/C33H34F6N2O3/c1-22(24-17-26(32(34,35)36)19-27(18-24)33(37,38)39)30(43)40-31(25-11-7-4-8-12-25)15-13-28(14-16-31)41(21-29(42)44-2)20-23-9-5-3-6-10-23/h3-12,17-19,22,28H,13-16,20-21H2,1-2H3,(H,40,43)/t22?,28-,31+. The molecule has 0 aliphatic heterocycles. The lowest BCUT2D eigenvalue weighted by Gasteiger charge is -2.44. The number of rotatable bonds is 9. The minimum absolute atomic E-state index is 0.0433. The van der Waals surface area contributed by atoms with Crippen molar-refractivity contribution in [2.45, 2.75) is 69.0 Å². The molecule has 236 valence electrons. The number of nitrogens with one attached hydrogen (secondary N) is 1. The lowest BCUT2D eigenvalue weighted by atomic mass is 9.74. The molecule has 0 aromatic heterocycles. The van der Waals surface area contributed by atoms with Crippen LogP contribution in [0.4, 0.5) is 26.3 Å². The second-order valence-corrected chi connectivity index (χ2v) is 11.2. The van der Waals surface area contributed by atoms with Crippen LogP contribution in [-0.2, 0) is 38.8 Å². The van der Waals surface area contributed by atoms with E-state index in [1.54, 1.807) is 12.1 Å². The van der Waals surface area contributed by atoms with E-state index in [1.165, 1.54) is 14.0 Å². The number of ether oxygens (including phenoxy) is 1. The van der Waals surface area contributed by atoms with E-state index in [2.05, 4.69) is 5.32 Å². The summed E-state index contributed by atoms with van der Waals surface area (Å²) in [5.41, 5.74) is -2.44. The van der Waals surface area contributed by atoms with Crippen LogP contribution in [0.1, 0.15) is 66.3 Å². The van der Waals surface area contributed by atoms with Crippen LogP contribution in [0.25, 0.3) is 0 Å². The van der Waals surface area contributed by atoms with Crippen molar-refractivity contribution >= 4 is 11.9 Å². The van der Waals surface area contributed by atoms with Gasteiger partial charge in [-0.1, -0.05) is 60.7 Å². The molecule has 4 rings (SSSR count). The second kappa shape index (κ2) is 13.4. The van der Waals surface area contributed by atoms with Gasteiger partial charge >= 0.3 is 18.3 Å². The highest BCUT2D eigenvalue weighted by molar-refractivity contribution is 5.84. The molecular formula is C33H34F6N2O3. The molecule has 1 unspecified atom stereocenters. The summed E-state index contributed by atoms with van der Waals surface area (Å²) >= 11 is 0. The molecule has 44 heavy (non-hydrogen) atoms. The number of alkyl halides is 6. The van der Waals surface area contributed by atoms with Crippen molar-refractivity contribution in [3.63, 3.8) is 0 Å². The van der Waals surface area contributed by atoms with Gasteiger partial charge in [-0.2, -0.15) is 26.3 Å². The zero-order chi connectivity index (χ0) is 32.1. The maximum atomic E-state index is 13.6. The van der Waals surface area contributed by atoms with Gasteiger partial charge in [0.15, 0.2) is 0 Å². The monoisotopic (exact) mass is 620 g/mol. The average molecular weight is 621 g/mol. The van der Waals surface area contributed by atoms with Crippen molar-refractivity contribution in [2.75, 3.05) is 13.7 Å². The number of amides is 1. The van der Waals surface area contributed by atoms with Gasteiger partial charge in [-0.15, -0.1) is 0 Å². The Bertz CT molecular complexity index is 1390. The highest BCUT2D eigenvalue weighted by Gasteiger charge is 2.42. The first-order valence-electron chi connectivity index (χ1n) is 14.2. The Morgan fingerprint density at radius 3 is 1.91 bits per heavy atom. The first kappa shape index (κ1) is 33.0.